The third-order valence-electron chi connectivity index (χ3n) is 4.55. The van der Waals surface area contributed by atoms with Crippen LogP contribution in [0.4, 0.5) is 0 Å². The average molecular weight is 304 g/mol. The SMILES string of the molecule is CC(Oc1cccc(C(C)C)c1)C(=O)NC1(CN)CCCC1. The van der Waals surface area contributed by atoms with Gasteiger partial charge in [0, 0.05) is 6.54 Å². The van der Waals surface area contributed by atoms with Crippen LogP contribution in [0.1, 0.15) is 57.9 Å². The normalized spacial score (nSPS) is 18.2. The van der Waals surface area contributed by atoms with Crippen LogP contribution in [0, 0.1) is 0 Å². The summed E-state index contributed by atoms with van der Waals surface area (Å²) in [5.41, 5.74) is 6.85. The third-order valence-corrected chi connectivity index (χ3v) is 4.55. The fourth-order valence-electron chi connectivity index (χ4n) is 3.00. The molecule has 0 aromatic heterocycles. The van der Waals surface area contributed by atoms with Crippen molar-refractivity contribution in [3.05, 3.63) is 29.8 Å². The highest BCUT2D eigenvalue weighted by Gasteiger charge is 2.35. The van der Waals surface area contributed by atoms with Gasteiger partial charge in [0.05, 0.1) is 5.54 Å². The largest absolute Gasteiger partial charge is 0.481 e. The van der Waals surface area contributed by atoms with Gasteiger partial charge in [0.25, 0.3) is 5.91 Å². The number of nitrogens with two attached hydrogens (primary N) is 1. The minimum atomic E-state index is -0.522. The zero-order chi connectivity index (χ0) is 16.2. The Labute approximate surface area is 133 Å². The Hall–Kier alpha value is -1.55. The molecule has 1 aliphatic rings. The van der Waals surface area contributed by atoms with Crippen LogP contribution in [-0.4, -0.2) is 24.1 Å². The van der Waals surface area contributed by atoms with Gasteiger partial charge in [0.1, 0.15) is 5.75 Å². The van der Waals surface area contributed by atoms with Crippen molar-refractivity contribution in [3.8, 4) is 5.75 Å². The molecule has 1 atom stereocenters. The number of amides is 1. The second kappa shape index (κ2) is 7.14. The molecule has 0 saturated heterocycles. The van der Waals surface area contributed by atoms with Crippen LogP contribution in [0.15, 0.2) is 24.3 Å². The summed E-state index contributed by atoms with van der Waals surface area (Å²) in [5.74, 6) is 1.09. The predicted molar refractivity (Wildman–Crippen MR) is 89.0 cm³/mol. The standard InChI is InChI=1S/C18H28N2O2/c1-13(2)15-7-6-8-16(11-15)22-14(3)17(21)20-18(12-19)9-4-5-10-18/h6-8,11,13-14H,4-5,9-10,12,19H2,1-3H3,(H,20,21). The van der Waals surface area contributed by atoms with Gasteiger partial charge in [-0.15, -0.1) is 0 Å². The van der Waals surface area contributed by atoms with Gasteiger partial charge < -0.3 is 15.8 Å². The first kappa shape index (κ1) is 16.8. The molecule has 0 aliphatic heterocycles. The molecule has 1 unspecified atom stereocenters. The highest BCUT2D eigenvalue weighted by atomic mass is 16.5. The Morgan fingerprint density at radius 2 is 2.00 bits per heavy atom. The predicted octanol–water partition coefficient (Wildman–Crippen LogP) is 2.97. The molecule has 3 N–H and O–H groups in total. The fourth-order valence-corrected chi connectivity index (χ4v) is 3.00. The first-order valence-electron chi connectivity index (χ1n) is 8.24. The summed E-state index contributed by atoms with van der Waals surface area (Å²) in [4.78, 5) is 12.4. The van der Waals surface area contributed by atoms with Crippen LogP contribution in [-0.2, 0) is 4.79 Å². The Balaban J connectivity index is 1.98. The topological polar surface area (TPSA) is 64.3 Å². The highest BCUT2D eigenvalue weighted by Crippen LogP contribution is 2.29. The molecule has 4 heteroatoms. The molecule has 0 bridgehead atoms. The second-order valence-corrected chi connectivity index (χ2v) is 6.67. The van der Waals surface area contributed by atoms with Crippen LogP contribution < -0.4 is 15.8 Å². The second-order valence-electron chi connectivity index (χ2n) is 6.67. The van der Waals surface area contributed by atoms with Gasteiger partial charge in [-0.05, 0) is 43.4 Å². The molecule has 122 valence electrons. The number of benzene rings is 1. The Morgan fingerprint density at radius 1 is 1.32 bits per heavy atom. The zero-order valence-electron chi connectivity index (χ0n) is 13.9. The summed E-state index contributed by atoms with van der Waals surface area (Å²) >= 11 is 0. The van der Waals surface area contributed by atoms with E-state index < -0.39 is 6.10 Å². The van der Waals surface area contributed by atoms with E-state index in [0.29, 0.717) is 12.5 Å². The molecule has 1 saturated carbocycles. The van der Waals surface area contributed by atoms with Gasteiger partial charge in [-0.25, -0.2) is 0 Å². The first-order valence-corrected chi connectivity index (χ1v) is 8.24. The minimum absolute atomic E-state index is 0.0812. The van der Waals surface area contributed by atoms with Crippen LogP contribution in [0.3, 0.4) is 0 Å². The number of hydrogen-bond donors (Lipinski definition) is 2. The highest BCUT2D eigenvalue weighted by molar-refractivity contribution is 5.81. The van der Waals surface area contributed by atoms with E-state index in [4.69, 9.17) is 10.5 Å². The van der Waals surface area contributed by atoms with E-state index in [9.17, 15) is 4.79 Å². The number of ether oxygens (including phenoxy) is 1. The molecule has 1 fully saturated rings. The molecule has 4 nitrogen and oxygen atoms in total. The Kier molecular flexibility index (Phi) is 5.46. The Bertz CT molecular complexity index is 508. The van der Waals surface area contributed by atoms with Gasteiger partial charge in [-0.1, -0.05) is 38.8 Å². The van der Waals surface area contributed by atoms with E-state index in [0.717, 1.165) is 31.4 Å². The molecule has 1 amide bonds. The lowest BCUT2D eigenvalue weighted by Gasteiger charge is -2.30. The maximum Gasteiger partial charge on any atom is 0.261 e. The first-order chi connectivity index (χ1) is 10.5. The molecule has 22 heavy (non-hydrogen) atoms. The number of carbonyl (C=O) groups is 1. The lowest BCUT2D eigenvalue weighted by molar-refractivity contribution is -0.129. The monoisotopic (exact) mass is 304 g/mol. The van der Waals surface area contributed by atoms with Crippen molar-refractivity contribution in [2.24, 2.45) is 5.73 Å². The van der Waals surface area contributed by atoms with Gasteiger partial charge in [-0.2, -0.15) is 0 Å². The zero-order valence-corrected chi connectivity index (χ0v) is 13.9. The van der Waals surface area contributed by atoms with Crippen LogP contribution in [0.25, 0.3) is 0 Å². The molecule has 2 rings (SSSR count). The van der Waals surface area contributed by atoms with Crippen molar-refractivity contribution in [3.63, 3.8) is 0 Å². The van der Waals surface area contributed by atoms with Crippen LogP contribution >= 0.6 is 0 Å². The molecule has 0 radical (unpaired) electrons. The van der Waals surface area contributed by atoms with E-state index in [1.165, 1.54) is 5.56 Å². The van der Waals surface area contributed by atoms with Crippen molar-refractivity contribution in [1.82, 2.24) is 5.32 Å². The van der Waals surface area contributed by atoms with Crippen LogP contribution in [0.5, 0.6) is 5.75 Å². The summed E-state index contributed by atoms with van der Waals surface area (Å²) in [6, 6.07) is 7.94. The summed E-state index contributed by atoms with van der Waals surface area (Å²) in [7, 11) is 0. The van der Waals surface area contributed by atoms with Gasteiger partial charge in [0.2, 0.25) is 0 Å². The Morgan fingerprint density at radius 3 is 2.59 bits per heavy atom. The fraction of sp³-hybridized carbons (Fsp3) is 0.611. The quantitative estimate of drug-likeness (QED) is 0.849. The summed E-state index contributed by atoms with van der Waals surface area (Å²) < 4.78 is 5.81. The molecular formula is C18H28N2O2. The molecule has 1 aromatic rings. The number of rotatable bonds is 6. The van der Waals surface area contributed by atoms with Crippen molar-refractivity contribution in [2.45, 2.75) is 64.0 Å². The molecule has 0 spiro atoms. The van der Waals surface area contributed by atoms with Gasteiger partial charge in [-0.3, -0.25) is 4.79 Å². The molecular weight excluding hydrogens is 276 g/mol. The molecule has 1 aromatic carbocycles. The number of nitrogens with one attached hydrogen (secondary N) is 1. The van der Waals surface area contributed by atoms with Gasteiger partial charge >= 0.3 is 0 Å². The van der Waals surface area contributed by atoms with E-state index >= 15 is 0 Å². The van der Waals surface area contributed by atoms with E-state index in [1.54, 1.807) is 6.92 Å². The molecule has 1 aliphatic carbocycles. The van der Waals surface area contributed by atoms with E-state index in [-0.39, 0.29) is 11.4 Å². The average Bonchev–Trinajstić information content (AvgIpc) is 2.96. The van der Waals surface area contributed by atoms with E-state index in [2.05, 4.69) is 25.2 Å². The maximum atomic E-state index is 12.4. The summed E-state index contributed by atoms with van der Waals surface area (Å²) in [6.45, 7) is 6.56. The third kappa shape index (κ3) is 4.01. The molecule has 0 heterocycles. The maximum absolute atomic E-state index is 12.4. The van der Waals surface area contributed by atoms with Crippen molar-refractivity contribution in [1.29, 1.82) is 0 Å². The lowest BCUT2D eigenvalue weighted by atomic mass is 9.97. The van der Waals surface area contributed by atoms with Crippen molar-refractivity contribution < 1.29 is 9.53 Å². The summed E-state index contributed by atoms with van der Waals surface area (Å²) in [6.07, 6.45) is 3.66. The lowest BCUT2D eigenvalue weighted by Crippen LogP contribution is -2.54. The van der Waals surface area contributed by atoms with Crippen LogP contribution in [0.2, 0.25) is 0 Å². The van der Waals surface area contributed by atoms with Crippen molar-refractivity contribution in [2.75, 3.05) is 6.54 Å². The summed E-state index contributed by atoms with van der Waals surface area (Å²) in [5, 5.41) is 3.11. The number of carbonyl (C=O) groups excluding carboxylic acids is 1. The minimum Gasteiger partial charge on any atom is -0.481 e. The van der Waals surface area contributed by atoms with E-state index in [1.807, 2.05) is 18.2 Å². The van der Waals surface area contributed by atoms with Gasteiger partial charge in [0.15, 0.2) is 6.10 Å². The number of hydrogen-bond acceptors (Lipinski definition) is 3. The van der Waals surface area contributed by atoms with Crippen molar-refractivity contribution >= 4 is 5.91 Å². The smallest absolute Gasteiger partial charge is 0.261 e.